The maximum absolute atomic E-state index is 14.1. The number of rotatable bonds is 5. The van der Waals surface area contributed by atoms with E-state index in [4.69, 9.17) is 16.3 Å². The van der Waals surface area contributed by atoms with Crippen molar-refractivity contribution in [2.24, 2.45) is 0 Å². The quantitative estimate of drug-likeness (QED) is 0.868. The van der Waals surface area contributed by atoms with Crippen molar-refractivity contribution in [2.45, 2.75) is 26.4 Å². The Morgan fingerprint density at radius 3 is 2.43 bits per heavy atom. The van der Waals surface area contributed by atoms with E-state index in [-0.39, 0.29) is 5.82 Å². The van der Waals surface area contributed by atoms with Gasteiger partial charge in [-0.1, -0.05) is 37.6 Å². The maximum Gasteiger partial charge on any atom is 0.134 e. The molecule has 0 aromatic heterocycles. The lowest BCUT2D eigenvalue weighted by Crippen LogP contribution is -2.21. The van der Waals surface area contributed by atoms with Gasteiger partial charge in [0.15, 0.2) is 0 Å². The molecular weight excluding hydrogens is 289 g/mol. The SMILES string of the molecule is COc1ccc(-c2ccc(CNC(C)C)cc2Cl)c(F)c1. The number of nitrogens with one attached hydrogen (secondary N) is 1. The highest BCUT2D eigenvalue weighted by Gasteiger charge is 2.10. The highest BCUT2D eigenvalue weighted by Crippen LogP contribution is 2.32. The number of hydrogen-bond acceptors (Lipinski definition) is 2. The summed E-state index contributed by atoms with van der Waals surface area (Å²) in [5, 5.41) is 3.87. The van der Waals surface area contributed by atoms with Crippen molar-refractivity contribution >= 4 is 11.6 Å². The normalized spacial score (nSPS) is 11.0. The van der Waals surface area contributed by atoms with Crippen LogP contribution in [0.5, 0.6) is 5.75 Å². The van der Waals surface area contributed by atoms with Crippen LogP contribution in [0.1, 0.15) is 19.4 Å². The molecule has 0 atom stereocenters. The van der Waals surface area contributed by atoms with Gasteiger partial charge in [-0.2, -0.15) is 0 Å². The van der Waals surface area contributed by atoms with E-state index in [0.717, 1.165) is 12.1 Å². The lowest BCUT2D eigenvalue weighted by molar-refractivity contribution is 0.411. The van der Waals surface area contributed by atoms with E-state index in [9.17, 15) is 4.39 Å². The second kappa shape index (κ2) is 6.92. The van der Waals surface area contributed by atoms with Gasteiger partial charge in [0.1, 0.15) is 11.6 Å². The van der Waals surface area contributed by atoms with E-state index < -0.39 is 0 Å². The lowest BCUT2D eigenvalue weighted by atomic mass is 10.0. The summed E-state index contributed by atoms with van der Waals surface area (Å²) in [5.41, 5.74) is 2.24. The van der Waals surface area contributed by atoms with Gasteiger partial charge >= 0.3 is 0 Å². The van der Waals surface area contributed by atoms with Crippen LogP contribution >= 0.6 is 11.6 Å². The molecule has 1 N–H and O–H groups in total. The molecule has 0 unspecified atom stereocenters. The number of methoxy groups -OCH3 is 1. The Labute approximate surface area is 129 Å². The summed E-state index contributed by atoms with van der Waals surface area (Å²) in [7, 11) is 1.51. The standard InChI is InChI=1S/C17H19ClFNO/c1-11(2)20-10-12-4-6-14(16(18)8-12)15-7-5-13(21-3)9-17(15)19/h4-9,11,20H,10H2,1-3H3. The highest BCUT2D eigenvalue weighted by atomic mass is 35.5. The summed E-state index contributed by atoms with van der Waals surface area (Å²) in [6.07, 6.45) is 0. The molecule has 112 valence electrons. The Kier molecular flexibility index (Phi) is 5.21. The van der Waals surface area contributed by atoms with Crippen LogP contribution in [0.3, 0.4) is 0 Å². The predicted molar refractivity (Wildman–Crippen MR) is 85.4 cm³/mol. The second-order valence-corrected chi connectivity index (χ2v) is 5.60. The van der Waals surface area contributed by atoms with Gasteiger partial charge in [-0.3, -0.25) is 0 Å². The molecule has 2 rings (SSSR count). The summed E-state index contributed by atoms with van der Waals surface area (Å²) < 4.78 is 19.1. The fourth-order valence-corrected chi connectivity index (χ4v) is 2.36. The Bertz CT molecular complexity index is 628. The van der Waals surface area contributed by atoms with Gasteiger partial charge in [0.25, 0.3) is 0 Å². The Balaban J connectivity index is 2.28. The number of hydrogen-bond donors (Lipinski definition) is 1. The lowest BCUT2D eigenvalue weighted by Gasteiger charge is -2.11. The number of halogens is 2. The molecule has 21 heavy (non-hydrogen) atoms. The van der Waals surface area contributed by atoms with Gasteiger partial charge in [0, 0.05) is 34.8 Å². The molecule has 0 fully saturated rings. The molecule has 0 spiro atoms. The van der Waals surface area contributed by atoms with Crippen LogP contribution in [0.15, 0.2) is 36.4 Å². The molecule has 0 saturated carbocycles. The van der Waals surface area contributed by atoms with E-state index in [0.29, 0.717) is 27.9 Å². The molecule has 0 radical (unpaired) electrons. The third-order valence-corrected chi connectivity index (χ3v) is 3.53. The number of benzene rings is 2. The summed E-state index contributed by atoms with van der Waals surface area (Å²) in [5.74, 6) is 0.148. The van der Waals surface area contributed by atoms with Crippen molar-refractivity contribution in [3.05, 3.63) is 52.8 Å². The zero-order valence-corrected chi connectivity index (χ0v) is 13.2. The van der Waals surface area contributed by atoms with Gasteiger partial charge in [-0.05, 0) is 23.8 Å². The minimum Gasteiger partial charge on any atom is -0.497 e. The minimum atomic E-state index is -0.343. The first kappa shape index (κ1) is 15.8. The molecule has 2 aromatic rings. The zero-order valence-electron chi connectivity index (χ0n) is 12.4. The molecule has 0 saturated heterocycles. The summed E-state index contributed by atoms with van der Waals surface area (Å²) >= 11 is 6.30. The molecule has 2 aromatic carbocycles. The summed E-state index contributed by atoms with van der Waals surface area (Å²) in [6, 6.07) is 10.9. The first-order valence-corrected chi connectivity index (χ1v) is 7.24. The predicted octanol–water partition coefficient (Wildman–Crippen LogP) is 4.65. The molecule has 0 aliphatic rings. The minimum absolute atomic E-state index is 0.343. The fourth-order valence-electron chi connectivity index (χ4n) is 2.05. The Hall–Kier alpha value is -1.58. The van der Waals surface area contributed by atoms with Crippen LogP contribution in [0.25, 0.3) is 11.1 Å². The maximum atomic E-state index is 14.1. The molecule has 2 nitrogen and oxygen atoms in total. The molecule has 0 bridgehead atoms. The van der Waals surface area contributed by atoms with Crippen LogP contribution in [0.4, 0.5) is 4.39 Å². The first-order valence-electron chi connectivity index (χ1n) is 6.87. The highest BCUT2D eigenvalue weighted by molar-refractivity contribution is 6.33. The van der Waals surface area contributed by atoms with Crippen molar-refractivity contribution in [1.82, 2.24) is 5.32 Å². The largest absolute Gasteiger partial charge is 0.497 e. The van der Waals surface area contributed by atoms with Gasteiger partial charge in [0.2, 0.25) is 0 Å². The summed E-state index contributed by atoms with van der Waals surface area (Å²) in [4.78, 5) is 0. The third kappa shape index (κ3) is 3.96. The van der Waals surface area contributed by atoms with E-state index in [1.165, 1.54) is 13.2 Å². The van der Waals surface area contributed by atoms with Crippen LogP contribution in [0.2, 0.25) is 5.02 Å². The molecule has 0 amide bonds. The van der Waals surface area contributed by atoms with Gasteiger partial charge in [0.05, 0.1) is 7.11 Å². The van der Waals surface area contributed by atoms with Crippen LogP contribution in [-0.2, 0) is 6.54 Å². The Morgan fingerprint density at radius 1 is 1.14 bits per heavy atom. The second-order valence-electron chi connectivity index (χ2n) is 5.20. The van der Waals surface area contributed by atoms with Gasteiger partial charge in [-0.15, -0.1) is 0 Å². The Morgan fingerprint density at radius 2 is 1.86 bits per heavy atom. The number of ether oxygens (including phenoxy) is 1. The van der Waals surface area contributed by atoms with Crippen LogP contribution in [0, 0.1) is 5.82 Å². The third-order valence-electron chi connectivity index (χ3n) is 3.21. The average molecular weight is 308 g/mol. The summed E-state index contributed by atoms with van der Waals surface area (Å²) in [6.45, 7) is 4.91. The average Bonchev–Trinajstić information content (AvgIpc) is 2.45. The molecule has 4 heteroatoms. The van der Waals surface area contributed by atoms with Crippen molar-refractivity contribution in [1.29, 1.82) is 0 Å². The van der Waals surface area contributed by atoms with E-state index >= 15 is 0 Å². The fraction of sp³-hybridized carbons (Fsp3) is 0.294. The zero-order chi connectivity index (χ0) is 15.4. The van der Waals surface area contributed by atoms with Crippen LogP contribution in [-0.4, -0.2) is 13.2 Å². The molecular formula is C17H19ClFNO. The molecule has 0 aliphatic carbocycles. The topological polar surface area (TPSA) is 21.3 Å². The van der Waals surface area contributed by atoms with Gasteiger partial charge < -0.3 is 10.1 Å². The first-order chi connectivity index (χ1) is 10.0. The smallest absolute Gasteiger partial charge is 0.134 e. The monoisotopic (exact) mass is 307 g/mol. The van der Waals surface area contributed by atoms with Crippen molar-refractivity contribution in [2.75, 3.05) is 7.11 Å². The molecule has 0 heterocycles. The van der Waals surface area contributed by atoms with E-state index in [1.807, 2.05) is 18.2 Å². The molecule has 0 aliphatic heterocycles. The van der Waals surface area contributed by atoms with E-state index in [2.05, 4.69) is 19.2 Å². The van der Waals surface area contributed by atoms with Crippen molar-refractivity contribution in [3.8, 4) is 16.9 Å². The van der Waals surface area contributed by atoms with Gasteiger partial charge in [-0.25, -0.2) is 4.39 Å². The van der Waals surface area contributed by atoms with Crippen molar-refractivity contribution < 1.29 is 9.13 Å². The van der Waals surface area contributed by atoms with Crippen LogP contribution < -0.4 is 10.1 Å². The van der Waals surface area contributed by atoms with Crippen molar-refractivity contribution in [3.63, 3.8) is 0 Å². The van der Waals surface area contributed by atoms with E-state index in [1.54, 1.807) is 12.1 Å².